The number of nitrogens with zero attached hydrogens (tertiary/aromatic N) is 3. The van der Waals surface area contributed by atoms with Crippen molar-refractivity contribution >= 4 is 28.1 Å². The molecule has 1 fully saturated rings. The van der Waals surface area contributed by atoms with Crippen molar-refractivity contribution in [2.45, 2.75) is 13.0 Å². The molecule has 182 valence electrons. The van der Waals surface area contributed by atoms with Crippen LogP contribution in [-0.4, -0.2) is 49.1 Å². The van der Waals surface area contributed by atoms with E-state index in [9.17, 15) is 4.79 Å². The number of nitrogens with one attached hydrogen (secondary N) is 1. The number of piperazine rings is 1. The molecule has 4 aromatic rings. The second-order valence-electron chi connectivity index (χ2n) is 9.13. The van der Waals surface area contributed by atoms with Crippen LogP contribution in [0.4, 0.5) is 10.8 Å². The summed E-state index contributed by atoms with van der Waals surface area (Å²) < 4.78 is 5.38. The van der Waals surface area contributed by atoms with Crippen molar-refractivity contribution in [1.82, 2.24) is 15.2 Å². The van der Waals surface area contributed by atoms with E-state index >= 15 is 0 Å². The summed E-state index contributed by atoms with van der Waals surface area (Å²) in [6, 6.07) is 24.6. The Balaban J connectivity index is 1.29. The molecule has 6 nitrogen and oxygen atoms in total. The Morgan fingerprint density at radius 2 is 1.78 bits per heavy atom. The van der Waals surface area contributed by atoms with Crippen LogP contribution in [0, 0.1) is 0 Å². The van der Waals surface area contributed by atoms with Crippen molar-refractivity contribution in [2.24, 2.45) is 0 Å². The molecule has 2 heterocycles. The number of anilines is 2. The van der Waals surface area contributed by atoms with Gasteiger partial charge < -0.3 is 19.9 Å². The minimum atomic E-state index is 0.102. The van der Waals surface area contributed by atoms with E-state index in [-0.39, 0.29) is 5.91 Å². The van der Waals surface area contributed by atoms with Gasteiger partial charge in [0.2, 0.25) is 0 Å². The fraction of sp³-hybridized carbons (Fsp3) is 0.241. The zero-order valence-corrected chi connectivity index (χ0v) is 21.1. The van der Waals surface area contributed by atoms with Crippen LogP contribution in [0.5, 0.6) is 5.75 Å². The number of hydrogen-bond donors (Lipinski definition) is 1. The van der Waals surface area contributed by atoms with E-state index in [1.165, 1.54) is 16.0 Å². The lowest BCUT2D eigenvalue weighted by Crippen LogP contribution is -2.46. The number of thiazole rings is 1. The van der Waals surface area contributed by atoms with E-state index in [1.54, 1.807) is 18.4 Å². The SMILES string of the molecule is COc1ccc(N(Cc2ccc(C(=O)N3CCNCC3)cc2)c2nc3c(s2)Cc2ccccc2-3)cc1. The van der Waals surface area contributed by atoms with Gasteiger partial charge in [-0.05, 0) is 47.5 Å². The number of amides is 1. The van der Waals surface area contributed by atoms with Crippen LogP contribution >= 0.6 is 11.3 Å². The molecule has 0 radical (unpaired) electrons. The highest BCUT2D eigenvalue weighted by atomic mass is 32.1. The highest BCUT2D eigenvalue weighted by Crippen LogP contribution is 2.43. The third kappa shape index (κ3) is 4.36. The van der Waals surface area contributed by atoms with E-state index in [0.29, 0.717) is 6.54 Å². The minimum absolute atomic E-state index is 0.102. The summed E-state index contributed by atoms with van der Waals surface area (Å²) >= 11 is 1.75. The van der Waals surface area contributed by atoms with E-state index < -0.39 is 0 Å². The third-order valence-electron chi connectivity index (χ3n) is 6.87. The molecule has 1 N–H and O–H groups in total. The Hall–Kier alpha value is -3.68. The molecule has 0 unspecified atom stereocenters. The highest BCUT2D eigenvalue weighted by molar-refractivity contribution is 7.16. The van der Waals surface area contributed by atoms with Gasteiger partial charge in [-0.3, -0.25) is 4.79 Å². The van der Waals surface area contributed by atoms with Gasteiger partial charge in [-0.15, -0.1) is 11.3 Å². The van der Waals surface area contributed by atoms with Gasteiger partial charge in [-0.2, -0.15) is 0 Å². The topological polar surface area (TPSA) is 57.7 Å². The normalized spacial score (nSPS) is 14.3. The van der Waals surface area contributed by atoms with Gasteiger partial charge in [0.15, 0.2) is 5.13 Å². The van der Waals surface area contributed by atoms with Crippen LogP contribution in [0.25, 0.3) is 11.3 Å². The van der Waals surface area contributed by atoms with Crippen LogP contribution in [0.15, 0.2) is 72.8 Å². The average Bonchev–Trinajstić information content (AvgIpc) is 3.50. The maximum atomic E-state index is 12.9. The highest BCUT2D eigenvalue weighted by Gasteiger charge is 2.26. The van der Waals surface area contributed by atoms with Crippen LogP contribution < -0.4 is 15.0 Å². The molecular formula is C29H28N4O2S. The molecule has 0 bridgehead atoms. The van der Waals surface area contributed by atoms with Gasteiger partial charge >= 0.3 is 0 Å². The maximum absolute atomic E-state index is 12.9. The first-order valence-corrected chi connectivity index (χ1v) is 13.1. The summed E-state index contributed by atoms with van der Waals surface area (Å²) in [4.78, 5) is 23.5. The molecule has 7 heteroatoms. The fourth-order valence-corrected chi connectivity index (χ4v) is 6.00. The van der Waals surface area contributed by atoms with Crippen molar-refractivity contribution in [3.63, 3.8) is 0 Å². The van der Waals surface area contributed by atoms with Gasteiger partial charge in [0.25, 0.3) is 5.91 Å². The van der Waals surface area contributed by atoms with Gasteiger partial charge in [0.05, 0.1) is 19.3 Å². The predicted molar refractivity (Wildman–Crippen MR) is 144 cm³/mol. The molecule has 0 atom stereocenters. The molecule has 0 spiro atoms. The Morgan fingerprint density at radius 1 is 1.03 bits per heavy atom. The molecule has 1 aromatic heterocycles. The quantitative estimate of drug-likeness (QED) is 0.354. The largest absolute Gasteiger partial charge is 0.497 e. The number of rotatable bonds is 6. The lowest BCUT2D eigenvalue weighted by molar-refractivity contribution is 0.0736. The Kier molecular flexibility index (Phi) is 6.17. The molecule has 2 aliphatic rings. The fourth-order valence-electron chi connectivity index (χ4n) is 4.88. The molecule has 3 aromatic carbocycles. The van der Waals surface area contributed by atoms with E-state index in [0.717, 1.165) is 66.0 Å². The number of aromatic nitrogens is 1. The number of hydrogen-bond acceptors (Lipinski definition) is 6. The summed E-state index contributed by atoms with van der Waals surface area (Å²) in [5.74, 6) is 0.926. The van der Waals surface area contributed by atoms with Crippen molar-refractivity contribution in [2.75, 3.05) is 38.2 Å². The molecular weight excluding hydrogens is 468 g/mol. The van der Waals surface area contributed by atoms with Gasteiger partial charge in [0, 0.05) is 54.3 Å². The number of carbonyl (C=O) groups excluding carboxylic acids is 1. The number of benzene rings is 3. The second-order valence-corrected chi connectivity index (χ2v) is 10.2. The monoisotopic (exact) mass is 496 g/mol. The van der Waals surface area contributed by atoms with Gasteiger partial charge in [0.1, 0.15) is 5.75 Å². The van der Waals surface area contributed by atoms with Crippen molar-refractivity contribution in [3.05, 3.63) is 94.4 Å². The van der Waals surface area contributed by atoms with Crippen molar-refractivity contribution in [1.29, 1.82) is 0 Å². The smallest absolute Gasteiger partial charge is 0.253 e. The first-order valence-electron chi connectivity index (χ1n) is 12.3. The number of fused-ring (bicyclic) bond motifs is 3. The predicted octanol–water partition coefficient (Wildman–Crippen LogP) is 5.11. The third-order valence-corrected chi connectivity index (χ3v) is 7.95. The minimum Gasteiger partial charge on any atom is -0.497 e. The van der Waals surface area contributed by atoms with E-state index in [4.69, 9.17) is 9.72 Å². The summed E-state index contributed by atoms with van der Waals surface area (Å²) in [7, 11) is 1.68. The molecule has 1 amide bonds. The lowest BCUT2D eigenvalue weighted by Gasteiger charge is -2.27. The zero-order valence-electron chi connectivity index (χ0n) is 20.2. The van der Waals surface area contributed by atoms with Crippen molar-refractivity contribution in [3.8, 4) is 17.0 Å². The standard InChI is InChI=1S/C29H28N4O2S/c1-35-24-12-10-23(11-13-24)33(29-31-27-25-5-3-2-4-22(25)18-26(27)36-29)19-20-6-8-21(9-7-20)28(34)32-16-14-30-15-17-32/h2-13,30H,14-19H2,1H3. The first-order chi connectivity index (χ1) is 17.7. The number of methoxy groups -OCH3 is 1. The Morgan fingerprint density at radius 3 is 2.53 bits per heavy atom. The van der Waals surface area contributed by atoms with E-state index in [1.807, 2.05) is 29.2 Å². The zero-order chi connectivity index (χ0) is 24.5. The Bertz CT molecular complexity index is 1380. The average molecular weight is 497 g/mol. The number of ether oxygens (including phenoxy) is 1. The summed E-state index contributed by atoms with van der Waals surface area (Å²) in [5, 5.41) is 4.27. The molecule has 1 aliphatic heterocycles. The van der Waals surface area contributed by atoms with Gasteiger partial charge in [-0.1, -0.05) is 36.4 Å². The summed E-state index contributed by atoms with van der Waals surface area (Å²) in [5.41, 5.74) is 6.59. The first kappa shape index (κ1) is 22.8. The van der Waals surface area contributed by atoms with Crippen LogP contribution in [0.1, 0.15) is 26.4 Å². The second kappa shape index (κ2) is 9.76. The number of carbonyl (C=O) groups is 1. The molecule has 36 heavy (non-hydrogen) atoms. The molecule has 1 aliphatic carbocycles. The van der Waals surface area contributed by atoms with Crippen LogP contribution in [-0.2, 0) is 13.0 Å². The maximum Gasteiger partial charge on any atom is 0.253 e. The lowest BCUT2D eigenvalue weighted by atomic mass is 10.1. The van der Waals surface area contributed by atoms with Crippen LogP contribution in [0.3, 0.4) is 0 Å². The van der Waals surface area contributed by atoms with E-state index in [2.05, 4.69) is 58.7 Å². The van der Waals surface area contributed by atoms with Crippen molar-refractivity contribution < 1.29 is 9.53 Å². The van der Waals surface area contributed by atoms with Gasteiger partial charge in [-0.25, -0.2) is 4.98 Å². The molecule has 1 saturated heterocycles. The summed E-state index contributed by atoms with van der Waals surface area (Å²) in [6.45, 7) is 3.86. The summed E-state index contributed by atoms with van der Waals surface area (Å²) in [6.07, 6.45) is 0.933. The molecule has 0 saturated carbocycles. The van der Waals surface area contributed by atoms with Crippen LogP contribution in [0.2, 0.25) is 0 Å². The molecule has 6 rings (SSSR count). The Labute approximate surface area is 215 Å².